The van der Waals surface area contributed by atoms with E-state index in [1.54, 1.807) is 24.3 Å². The highest BCUT2D eigenvalue weighted by atomic mass is 35.5. The molecule has 0 aliphatic rings. The predicted molar refractivity (Wildman–Crippen MR) is 367 cm³/mol. The molecule has 0 saturated heterocycles. The minimum atomic E-state index is -0.462. The Labute approximate surface area is 524 Å². The van der Waals surface area contributed by atoms with E-state index in [0.29, 0.717) is 42.8 Å². The van der Waals surface area contributed by atoms with Crippen molar-refractivity contribution in [2.45, 2.75) is 13.8 Å². The summed E-state index contributed by atoms with van der Waals surface area (Å²) in [5, 5.41) is 2.66. The Morgan fingerprint density at radius 1 is 0.352 bits per heavy atom. The number of aliphatic imine (C=N–C) groups is 8. The van der Waals surface area contributed by atoms with Crippen LogP contribution in [-0.4, -0.2) is 67.1 Å². The van der Waals surface area contributed by atoms with Gasteiger partial charge in [0.1, 0.15) is 29.2 Å². The molecule has 8 aromatic carbocycles. The summed E-state index contributed by atoms with van der Waals surface area (Å²) in [6.07, 6.45) is 0. The molecule has 0 aliphatic heterocycles. The highest BCUT2D eigenvalue weighted by Gasteiger charge is 2.10. The van der Waals surface area contributed by atoms with Crippen molar-refractivity contribution in [3.63, 3.8) is 0 Å². The number of benzene rings is 8. The monoisotopic (exact) mass is 1260 g/mol. The molecule has 0 radical (unpaired) electrons. The molecule has 0 atom stereocenters. The molecule has 4 heterocycles. The van der Waals surface area contributed by atoms with Gasteiger partial charge in [0.15, 0.2) is 0 Å². The second-order valence-electron chi connectivity index (χ2n) is 18.4. The van der Waals surface area contributed by atoms with Gasteiger partial charge in [-0.05, 0) is 98.8 Å². The van der Waals surface area contributed by atoms with Gasteiger partial charge < -0.3 is 45.9 Å². The molecule has 0 saturated carbocycles. The molecule has 26 heteroatoms. The van der Waals surface area contributed by atoms with Gasteiger partial charge in [0.05, 0.1) is 51.5 Å². The van der Waals surface area contributed by atoms with Crippen LogP contribution in [0.2, 0.25) is 5.02 Å². The predicted octanol–water partition coefficient (Wildman–Crippen LogP) is 12.0. The van der Waals surface area contributed by atoms with Gasteiger partial charge in [-0.3, -0.25) is 0 Å². The Balaban J connectivity index is 0.000000140. The Hall–Kier alpha value is -10.7. The smallest absolute Gasteiger partial charge is 0.224 e. The molecule has 440 valence electrons. The van der Waals surface area contributed by atoms with Gasteiger partial charge in [-0.1, -0.05) is 177 Å². The fourth-order valence-corrected chi connectivity index (χ4v) is 11.4. The number of amidine groups is 4. The third kappa shape index (κ3) is 17.2. The van der Waals surface area contributed by atoms with Crippen molar-refractivity contribution in [3.8, 4) is 0 Å². The van der Waals surface area contributed by atoms with Crippen LogP contribution in [0.5, 0.6) is 0 Å². The van der Waals surface area contributed by atoms with E-state index < -0.39 is 5.82 Å². The lowest BCUT2D eigenvalue weighted by Gasteiger charge is -2.02. The number of hydrogen-bond donors (Lipinski definition) is 8. The molecule has 0 spiro atoms. The number of aryl methyl sites for hydroxylation is 2. The van der Waals surface area contributed by atoms with Crippen molar-refractivity contribution in [2.24, 2.45) is 85.8 Å². The Morgan fingerprint density at radius 2 is 0.648 bits per heavy atom. The Kier molecular flexibility index (Phi) is 20.7. The summed E-state index contributed by atoms with van der Waals surface area (Å²) in [6.45, 7) is 3.99. The zero-order chi connectivity index (χ0) is 62.1. The topological polar surface area (TPSA) is 359 Å². The standard InChI is InChI=1S/2C16H15N5S.C15H12ClN5S.C15H12FN5S/c2*1-10-5-4-6-11(9-10)14(17)20-15(18)21-16-19-12-7-2-3-8-13(12)22-16;2*16-10-6-2-1-5-9(10)13(17)20-14(18)21-15-19-11-7-3-4-8-12(11)22-15/h2*2-9H,1H3,(H4,17,18,19,20,21);2*1-8H,(H4,17,18,19,20,21). The second kappa shape index (κ2) is 29.4. The maximum absolute atomic E-state index is 13.6. The lowest BCUT2D eigenvalue weighted by Crippen LogP contribution is -2.20. The summed E-state index contributed by atoms with van der Waals surface area (Å²) in [5.74, 6) is 0.564. The second-order valence-corrected chi connectivity index (χ2v) is 22.9. The minimum Gasteiger partial charge on any atom is -0.383 e. The summed E-state index contributed by atoms with van der Waals surface area (Å²) < 4.78 is 17.8. The quantitative estimate of drug-likeness (QED) is 0.0520. The molecule has 12 rings (SSSR count). The normalized spacial score (nSPS) is 12.8. The molecule has 0 amide bonds. The number of aromatic nitrogens is 4. The van der Waals surface area contributed by atoms with Crippen LogP contribution >= 0.6 is 56.9 Å². The van der Waals surface area contributed by atoms with Gasteiger partial charge >= 0.3 is 0 Å². The molecule has 12 aromatic rings. The average Bonchev–Trinajstić information content (AvgIpc) is 4.38. The van der Waals surface area contributed by atoms with Gasteiger partial charge in [0, 0.05) is 16.7 Å². The van der Waals surface area contributed by atoms with Gasteiger partial charge in [-0.2, -0.15) is 39.9 Å². The maximum atomic E-state index is 13.6. The van der Waals surface area contributed by atoms with E-state index in [1.807, 2.05) is 172 Å². The summed E-state index contributed by atoms with van der Waals surface area (Å²) in [6, 6.07) is 59.8. The van der Waals surface area contributed by atoms with E-state index in [4.69, 9.17) is 57.5 Å². The van der Waals surface area contributed by atoms with Crippen LogP contribution in [0, 0.1) is 19.7 Å². The van der Waals surface area contributed by atoms with E-state index in [2.05, 4.69) is 59.9 Å². The number of nitrogens with zero attached hydrogens (tertiary/aromatic N) is 12. The molecule has 20 nitrogen and oxygen atoms in total. The number of halogens is 2. The first-order chi connectivity index (χ1) is 42.5. The number of nitrogens with two attached hydrogens (primary N) is 8. The van der Waals surface area contributed by atoms with Crippen molar-refractivity contribution in [1.29, 1.82) is 0 Å². The van der Waals surface area contributed by atoms with Crippen molar-refractivity contribution >= 4 is 166 Å². The van der Waals surface area contributed by atoms with Crippen LogP contribution in [0.4, 0.5) is 24.9 Å². The van der Waals surface area contributed by atoms with Gasteiger partial charge in [-0.25, -0.2) is 24.3 Å². The maximum Gasteiger partial charge on any atom is 0.224 e. The SMILES string of the molecule is Cc1cccc(C(N)=NC(N)=Nc2nc3ccccc3s2)c1.Cc1cccc(C(N)=NC(N)=Nc2nc3ccccc3s2)c1.NC(=Nc1nc2ccccc2s1)N=C(N)c1ccccc1Cl.NC(=Nc1nc2ccccc2s1)N=C(N)c1ccccc1F. The largest absolute Gasteiger partial charge is 0.383 e. The zero-order valence-electron chi connectivity index (χ0n) is 46.8. The first-order valence-electron chi connectivity index (χ1n) is 26.3. The van der Waals surface area contributed by atoms with E-state index in [1.165, 1.54) is 57.5 Å². The number of guanidine groups is 4. The number of hydrogen-bond acceptors (Lipinski definition) is 12. The van der Waals surface area contributed by atoms with E-state index in [-0.39, 0.29) is 41.1 Å². The van der Waals surface area contributed by atoms with Crippen LogP contribution in [0.1, 0.15) is 33.4 Å². The lowest BCUT2D eigenvalue weighted by molar-refractivity contribution is 0.625. The fourth-order valence-electron chi connectivity index (χ4n) is 7.81. The molecule has 0 aliphatic carbocycles. The van der Waals surface area contributed by atoms with Crippen molar-refractivity contribution in [1.82, 2.24) is 19.9 Å². The third-order valence-corrected chi connectivity index (χ3v) is 15.9. The summed E-state index contributed by atoms with van der Waals surface area (Å²) in [7, 11) is 0. The van der Waals surface area contributed by atoms with Gasteiger partial charge in [0.2, 0.25) is 44.4 Å². The molecule has 0 bridgehead atoms. The van der Waals surface area contributed by atoms with Gasteiger partial charge in [0.25, 0.3) is 0 Å². The number of rotatable bonds is 8. The molecular weight excluding hydrogens is 1210 g/mol. The minimum absolute atomic E-state index is 0.0274. The Bertz CT molecular complexity index is 4280. The summed E-state index contributed by atoms with van der Waals surface area (Å²) in [5.41, 5.74) is 55.0. The average molecular weight is 1260 g/mol. The van der Waals surface area contributed by atoms with Crippen LogP contribution in [0.25, 0.3) is 40.9 Å². The van der Waals surface area contributed by atoms with Crippen LogP contribution in [0.15, 0.2) is 234 Å². The number of thiazole rings is 4. The van der Waals surface area contributed by atoms with E-state index in [9.17, 15) is 4.39 Å². The fraction of sp³-hybridized carbons (Fsp3) is 0.0323. The van der Waals surface area contributed by atoms with Crippen LogP contribution in [-0.2, 0) is 0 Å². The van der Waals surface area contributed by atoms with Crippen molar-refractivity contribution in [3.05, 3.63) is 238 Å². The highest BCUT2D eigenvalue weighted by molar-refractivity contribution is 7.23. The molecule has 88 heavy (non-hydrogen) atoms. The first kappa shape index (κ1) is 61.8. The zero-order valence-corrected chi connectivity index (χ0v) is 50.9. The lowest BCUT2D eigenvalue weighted by atomic mass is 10.1. The molecule has 0 fully saturated rings. The molecule has 4 aromatic heterocycles. The third-order valence-electron chi connectivity index (χ3n) is 11.8. The van der Waals surface area contributed by atoms with Crippen LogP contribution in [0.3, 0.4) is 0 Å². The van der Waals surface area contributed by atoms with E-state index in [0.717, 1.165) is 63.1 Å². The number of fused-ring (bicyclic) bond motifs is 4. The van der Waals surface area contributed by atoms with E-state index >= 15 is 0 Å². The van der Waals surface area contributed by atoms with Crippen LogP contribution < -0.4 is 45.9 Å². The first-order valence-corrected chi connectivity index (χ1v) is 29.9. The molecular formula is C62H54ClFN20S4. The van der Waals surface area contributed by atoms with Crippen molar-refractivity contribution < 1.29 is 4.39 Å². The van der Waals surface area contributed by atoms with Gasteiger partial charge in [-0.15, -0.1) is 0 Å². The molecule has 16 N–H and O–H groups in total. The summed E-state index contributed by atoms with van der Waals surface area (Å²) in [4.78, 5) is 50.5. The Morgan fingerprint density at radius 3 is 0.977 bits per heavy atom. The van der Waals surface area contributed by atoms with Crippen molar-refractivity contribution in [2.75, 3.05) is 0 Å². The highest BCUT2D eigenvalue weighted by Crippen LogP contribution is 2.31. The summed E-state index contributed by atoms with van der Waals surface area (Å²) >= 11 is 11.8. The molecule has 0 unspecified atom stereocenters. The number of para-hydroxylation sites is 4.